The normalized spacial score (nSPS) is 14.4. The van der Waals surface area contributed by atoms with Crippen molar-refractivity contribution in [1.82, 2.24) is 24.8 Å². The SMILES string of the molecule is Cc1cnc2c(NCCCCc3ccccc3)nc(-c3ccc(N4CCN(C)CC4)cc3)nc2n1. The Labute approximate surface area is 207 Å². The predicted molar refractivity (Wildman–Crippen MR) is 143 cm³/mol. The van der Waals surface area contributed by atoms with Gasteiger partial charge in [-0.3, -0.25) is 0 Å². The summed E-state index contributed by atoms with van der Waals surface area (Å²) in [6, 6.07) is 19.2. The van der Waals surface area contributed by atoms with E-state index in [0.717, 1.165) is 74.6 Å². The number of piperazine rings is 1. The lowest BCUT2D eigenvalue weighted by molar-refractivity contribution is 0.313. The lowest BCUT2D eigenvalue weighted by Crippen LogP contribution is -2.44. The molecule has 4 aromatic rings. The molecular formula is C28H33N7. The number of anilines is 2. The van der Waals surface area contributed by atoms with Crippen molar-refractivity contribution in [3.63, 3.8) is 0 Å². The van der Waals surface area contributed by atoms with Crippen LogP contribution in [0.2, 0.25) is 0 Å². The van der Waals surface area contributed by atoms with E-state index < -0.39 is 0 Å². The van der Waals surface area contributed by atoms with E-state index in [1.54, 1.807) is 6.20 Å². The number of nitrogens with zero attached hydrogens (tertiary/aromatic N) is 6. The number of aromatic nitrogens is 4. The Hall–Kier alpha value is -3.58. The summed E-state index contributed by atoms with van der Waals surface area (Å²) in [5, 5.41) is 3.50. The molecule has 35 heavy (non-hydrogen) atoms. The number of fused-ring (bicyclic) bond motifs is 1. The van der Waals surface area contributed by atoms with E-state index in [2.05, 4.69) is 86.7 Å². The smallest absolute Gasteiger partial charge is 0.184 e. The molecule has 1 aliphatic heterocycles. The van der Waals surface area contributed by atoms with Crippen LogP contribution in [0.4, 0.5) is 11.5 Å². The molecule has 0 bridgehead atoms. The monoisotopic (exact) mass is 467 g/mol. The molecule has 180 valence electrons. The Bertz CT molecular complexity index is 1250. The van der Waals surface area contributed by atoms with Crippen molar-refractivity contribution in [2.24, 2.45) is 0 Å². The number of unbranched alkanes of at least 4 members (excludes halogenated alkanes) is 1. The van der Waals surface area contributed by atoms with Gasteiger partial charge in [0.1, 0.15) is 5.52 Å². The third-order valence-corrected chi connectivity index (χ3v) is 6.55. The average Bonchev–Trinajstić information content (AvgIpc) is 2.89. The maximum absolute atomic E-state index is 4.86. The number of rotatable bonds is 8. The molecule has 0 spiro atoms. The number of likely N-dealkylation sites (N-methyl/N-ethyl adjacent to an activating group) is 1. The summed E-state index contributed by atoms with van der Waals surface area (Å²) in [5.74, 6) is 1.43. The minimum atomic E-state index is 0.630. The van der Waals surface area contributed by atoms with Crippen LogP contribution in [0.3, 0.4) is 0 Å². The third-order valence-electron chi connectivity index (χ3n) is 6.55. The van der Waals surface area contributed by atoms with Crippen molar-refractivity contribution >= 4 is 22.7 Å². The Morgan fingerprint density at radius 2 is 1.63 bits per heavy atom. The lowest BCUT2D eigenvalue weighted by atomic mass is 10.1. The maximum atomic E-state index is 4.86. The number of hydrogen-bond donors (Lipinski definition) is 1. The second kappa shape index (κ2) is 10.8. The molecule has 5 rings (SSSR count). The Kier molecular flexibility index (Phi) is 7.14. The highest BCUT2D eigenvalue weighted by Gasteiger charge is 2.16. The molecule has 0 amide bonds. The van der Waals surface area contributed by atoms with Crippen LogP contribution >= 0.6 is 0 Å². The van der Waals surface area contributed by atoms with Gasteiger partial charge in [-0.1, -0.05) is 30.3 Å². The summed E-state index contributed by atoms with van der Waals surface area (Å²) in [7, 11) is 2.18. The zero-order valence-electron chi connectivity index (χ0n) is 20.6. The average molecular weight is 468 g/mol. The fourth-order valence-corrected chi connectivity index (χ4v) is 4.44. The van der Waals surface area contributed by atoms with Gasteiger partial charge < -0.3 is 15.1 Å². The van der Waals surface area contributed by atoms with Gasteiger partial charge in [0, 0.05) is 50.2 Å². The number of nitrogens with one attached hydrogen (secondary N) is 1. The van der Waals surface area contributed by atoms with Gasteiger partial charge in [-0.15, -0.1) is 0 Å². The highest BCUT2D eigenvalue weighted by molar-refractivity contribution is 5.84. The van der Waals surface area contributed by atoms with E-state index in [9.17, 15) is 0 Å². The first-order valence-electron chi connectivity index (χ1n) is 12.5. The fraction of sp³-hybridized carbons (Fsp3) is 0.357. The van der Waals surface area contributed by atoms with Crippen molar-refractivity contribution in [1.29, 1.82) is 0 Å². The Morgan fingerprint density at radius 3 is 2.40 bits per heavy atom. The van der Waals surface area contributed by atoms with Gasteiger partial charge in [0.15, 0.2) is 17.3 Å². The molecule has 1 aliphatic rings. The van der Waals surface area contributed by atoms with E-state index in [0.29, 0.717) is 11.5 Å². The highest BCUT2D eigenvalue weighted by Crippen LogP contribution is 2.25. The molecule has 0 saturated carbocycles. The number of aryl methyl sites for hydroxylation is 2. The van der Waals surface area contributed by atoms with Crippen molar-refractivity contribution in [3.8, 4) is 11.4 Å². The third kappa shape index (κ3) is 5.74. The second-order valence-corrected chi connectivity index (χ2v) is 9.29. The van der Waals surface area contributed by atoms with Gasteiger partial charge in [0.2, 0.25) is 0 Å². The molecular weight excluding hydrogens is 434 g/mol. The van der Waals surface area contributed by atoms with Crippen LogP contribution in [0.15, 0.2) is 60.8 Å². The Morgan fingerprint density at radius 1 is 0.857 bits per heavy atom. The van der Waals surface area contributed by atoms with Gasteiger partial charge in [-0.2, -0.15) is 0 Å². The molecule has 0 aliphatic carbocycles. The van der Waals surface area contributed by atoms with Crippen LogP contribution in [0, 0.1) is 6.92 Å². The second-order valence-electron chi connectivity index (χ2n) is 9.29. The number of hydrogen-bond acceptors (Lipinski definition) is 7. The lowest BCUT2D eigenvalue weighted by Gasteiger charge is -2.34. The van der Waals surface area contributed by atoms with Crippen molar-refractivity contribution in [3.05, 3.63) is 72.1 Å². The summed E-state index contributed by atoms with van der Waals surface area (Å²) < 4.78 is 0. The molecule has 1 fully saturated rings. The summed E-state index contributed by atoms with van der Waals surface area (Å²) in [6.07, 6.45) is 5.02. The topological polar surface area (TPSA) is 70.1 Å². The maximum Gasteiger partial charge on any atom is 0.184 e. The first kappa shape index (κ1) is 23.2. The number of benzene rings is 2. The van der Waals surface area contributed by atoms with Gasteiger partial charge in [0.25, 0.3) is 0 Å². The van der Waals surface area contributed by atoms with E-state index in [1.807, 2.05) is 6.92 Å². The van der Waals surface area contributed by atoms with Crippen molar-refractivity contribution in [2.45, 2.75) is 26.2 Å². The highest BCUT2D eigenvalue weighted by atomic mass is 15.2. The van der Waals surface area contributed by atoms with Crippen molar-refractivity contribution in [2.75, 3.05) is 50.0 Å². The molecule has 7 nitrogen and oxygen atoms in total. The van der Waals surface area contributed by atoms with E-state index in [-0.39, 0.29) is 0 Å². The molecule has 0 radical (unpaired) electrons. The molecule has 1 N–H and O–H groups in total. The molecule has 7 heteroatoms. The van der Waals surface area contributed by atoms with Crippen LogP contribution in [0.5, 0.6) is 0 Å². The first-order chi connectivity index (χ1) is 17.2. The summed E-state index contributed by atoms with van der Waals surface area (Å²) in [5.41, 5.74) is 5.81. The van der Waals surface area contributed by atoms with E-state index in [4.69, 9.17) is 9.97 Å². The van der Waals surface area contributed by atoms with Gasteiger partial charge >= 0.3 is 0 Å². The van der Waals surface area contributed by atoms with E-state index in [1.165, 1.54) is 11.3 Å². The van der Waals surface area contributed by atoms with E-state index >= 15 is 0 Å². The first-order valence-corrected chi connectivity index (χ1v) is 12.5. The zero-order valence-corrected chi connectivity index (χ0v) is 20.6. The van der Waals surface area contributed by atoms with Crippen LogP contribution in [0.1, 0.15) is 24.1 Å². The summed E-state index contributed by atoms with van der Waals surface area (Å²) in [4.78, 5) is 23.6. The minimum Gasteiger partial charge on any atom is -0.369 e. The van der Waals surface area contributed by atoms with Gasteiger partial charge in [-0.05, 0) is 63.1 Å². The minimum absolute atomic E-state index is 0.630. The molecule has 0 unspecified atom stereocenters. The molecule has 1 saturated heterocycles. The van der Waals surface area contributed by atoms with Crippen LogP contribution in [-0.4, -0.2) is 64.6 Å². The standard InChI is InChI=1S/C28H33N7/c1-21-20-30-25-27(29-15-7-6-10-22-8-4-3-5-9-22)32-26(33-28(25)31-21)23-11-13-24(14-12-23)35-18-16-34(2)17-19-35/h3-5,8-9,11-14,20H,6-7,10,15-19H2,1-2H3,(H,29,31,32,33). The van der Waals surface area contributed by atoms with Gasteiger partial charge in [0.05, 0.1) is 5.69 Å². The van der Waals surface area contributed by atoms with Crippen molar-refractivity contribution < 1.29 is 0 Å². The predicted octanol–water partition coefficient (Wildman–Crippen LogP) is 4.58. The molecule has 3 heterocycles. The van der Waals surface area contributed by atoms with Crippen LogP contribution in [0.25, 0.3) is 22.6 Å². The zero-order chi connectivity index (χ0) is 24.0. The quantitative estimate of drug-likeness (QED) is 0.380. The summed E-state index contributed by atoms with van der Waals surface area (Å²) >= 11 is 0. The Balaban J connectivity index is 1.31. The van der Waals surface area contributed by atoms with Crippen LogP contribution < -0.4 is 10.2 Å². The molecule has 0 atom stereocenters. The van der Waals surface area contributed by atoms with Crippen LogP contribution in [-0.2, 0) is 6.42 Å². The summed E-state index contributed by atoms with van der Waals surface area (Å²) in [6.45, 7) is 7.05. The molecule has 2 aromatic heterocycles. The molecule has 2 aromatic carbocycles. The fourth-order valence-electron chi connectivity index (χ4n) is 4.44. The van der Waals surface area contributed by atoms with Gasteiger partial charge in [-0.25, -0.2) is 19.9 Å². The largest absolute Gasteiger partial charge is 0.369 e.